The maximum atomic E-state index is 12.7. The molecule has 0 saturated carbocycles. The van der Waals surface area contributed by atoms with E-state index in [9.17, 15) is 13.2 Å². The van der Waals surface area contributed by atoms with Gasteiger partial charge in [-0.05, 0) is 50.1 Å². The number of sulfone groups is 1. The van der Waals surface area contributed by atoms with Crippen molar-refractivity contribution in [1.29, 1.82) is 0 Å². The second-order valence-electron chi connectivity index (χ2n) is 8.41. The monoisotopic (exact) mass is 486 g/mol. The van der Waals surface area contributed by atoms with Crippen LogP contribution in [-0.2, 0) is 9.84 Å². The van der Waals surface area contributed by atoms with Gasteiger partial charge >= 0.3 is 0 Å². The number of nitrogens with zero attached hydrogens (tertiary/aromatic N) is 2. The van der Waals surface area contributed by atoms with Crippen LogP contribution in [0.15, 0.2) is 53.5 Å². The lowest BCUT2D eigenvalue weighted by Gasteiger charge is -2.23. The summed E-state index contributed by atoms with van der Waals surface area (Å²) in [6.07, 6.45) is 0.852. The van der Waals surface area contributed by atoms with Crippen LogP contribution >= 0.6 is 11.8 Å². The zero-order valence-electron chi connectivity index (χ0n) is 19.0. The normalized spacial score (nSPS) is 20.7. The number of anilines is 2. The van der Waals surface area contributed by atoms with Gasteiger partial charge in [0.15, 0.2) is 15.0 Å². The Morgan fingerprint density at radius 1 is 1.18 bits per heavy atom. The minimum atomic E-state index is -2.97. The first-order valence-corrected chi connectivity index (χ1v) is 14.0. The fourth-order valence-electron chi connectivity index (χ4n) is 4.11. The summed E-state index contributed by atoms with van der Waals surface area (Å²) in [4.78, 5) is 19.5. The van der Waals surface area contributed by atoms with E-state index in [4.69, 9.17) is 0 Å². The Balaban J connectivity index is 1.30. The van der Waals surface area contributed by atoms with Gasteiger partial charge < -0.3 is 15.5 Å². The number of benzene rings is 2. The van der Waals surface area contributed by atoms with Gasteiger partial charge in [-0.25, -0.2) is 8.42 Å². The molecule has 1 fully saturated rings. The third-order valence-corrected chi connectivity index (χ3v) is 9.09. The third kappa shape index (κ3) is 5.89. The maximum absolute atomic E-state index is 12.7. The molecule has 2 aliphatic rings. The van der Waals surface area contributed by atoms with Gasteiger partial charge in [-0.2, -0.15) is 0 Å². The second kappa shape index (κ2) is 10.2. The molecule has 2 N–H and O–H groups in total. The molecule has 33 heavy (non-hydrogen) atoms. The van der Waals surface area contributed by atoms with E-state index in [1.807, 2.05) is 43.3 Å². The van der Waals surface area contributed by atoms with Gasteiger partial charge in [-0.3, -0.25) is 9.79 Å². The fraction of sp³-hybridized carbons (Fsp3) is 0.417. The van der Waals surface area contributed by atoms with E-state index >= 15 is 0 Å². The molecule has 0 aliphatic carbocycles. The number of fused-ring (bicyclic) bond motifs is 1. The Bertz CT molecular complexity index is 1140. The summed E-state index contributed by atoms with van der Waals surface area (Å²) in [5, 5.41) is 7.03. The van der Waals surface area contributed by atoms with Gasteiger partial charge in [0.25, 0.3) is 5.91 Å². The summed E-state index contributed by atoms with van der Waals surface area (Å²) in [5.41, 5.74) is 3.60. The molecule has 0 unspecified atom stereocenters. The van der Waals surface area contributed by atoms with Crippen LogP contribution in [-0.4, -0.2) is 61.9 Å². The highest BCUT2D eigenvalue weighted by atomic mass is 32.2. The largest absolute Gasteiger partial charge is 0.372 e. The average molecular weight is 487 g/mol. The van der Waals surface area contributed by atoms with Crippen LogP contribution < -0.4 is 15.5 Å². The number of amides is 1. The number of rotatable bonds is 8. The minimum Gasteiger partial charge on any atom is -0.372 e. The minimum absolute atomic E-state index is 0.0112. The Kier molecular flexibility index (Phi) is 7.29. The van der Waals surface area contributed by atoms with Crippen molar-refractivity contribution in [2.24, 2.45) is 4.99 Å². The molecule has 0 radical (unpaired) electrons. The second-order valence-corrected chi connectivity index (χ2v) is 11.8. The molecule has 7 nitrogen and oxygen atoms in total. The van der Waals surface area contributed by atoms with Crippen molar-refractivity contribution in [3.63, 3.8) is 0 Å². The van der Waals surface area contributed by atoms with Crippen LogP contribution in [0.1, 0.15) is 29.3 Å². The predicted octanol–water partition coefficient (Wildman–Crippen LogP) is 3.32. The van der Waals surface area contributed by atoms with E-state index in [1.54, 1.807) is 0 Å². The summed E-state index contributed by atoms with van der Waals surface area (Å²) in [5.74, 6) is 0.194. The SMILES string of the molecule is CCN(CCCNC(=O)c1ccc(C)c(NC2=N[C@@H]3CS(=O)(=O)C[C@H]3S2)c1)c1ccccc1. The van der Waals surface area contributed by atoms with Gasteiger partial charge in [0.2, 0.25) is 0 Å². The van der Waals surface area contributed by atoms with Crippen LogP contribution in [0.4, 0.5) is 11.4 Å². The van der Waals surface area contributed by atoms with E-state index in [2.05, 4.69) is 39.6 Å². The zero-order valence-corrected chi connectivity index (χ0v) is 20.6. The number of para-hydroxylation sites is 1. The molecule has 0 aromatic heterocycles. The quantitative estimate of drug-likeness (QED) is 0.557. The van der Waals surface area contributed by atoms with Crippen molar-refractivity contribution in [1.82, 2.24) is 5.32 Å². The highest BCUT2D eigenvalue weighted by Crippen LogP contribution is 2.35. The number of thioether (sulfide) groups is 1. The molecule has 2 aliphatic heterocycles. The van der Waals surface area contributed by atoms with Gasteiger partial charge in [-0.1, -0.05) is 36.0 Å². The predicted molar refractivity (Wildman–Crippen MR) is 137 cm³/mol. The Morgan fingerprint density at radius 2 is 1.97 bits per heavy atom. The van der Waals surface area contributed by atoms with Crippen LogP contribution in [0.2, 0.25) is 0 Å². The molecule has 1 amide bonds. The number of amidine groups is 1. The molecular weight excluding hydrogens is 456 g/mol. The van der Waals surface area contributed by atoms with Crippen molar-refractivity contribution in [2.75, 3.05) is 41.4 Å². The summed E-state index contributed by atoms with van der Waals surface area (Å²) < 4.78 is 23.5. The summed E-state index contributed by atoms with van der Waals surface area (Å²) in [6, 6.07) is 15.7. The standard InChI is InChI=1S/C24H30N4O3S2/c1-3-28(19-8-5-4-6-9-19)13-7-12-25-23(29)18-11-10-17(2)20(14-18)26-24-27-21-15-33(30,31)16-22(21)32-24/h4-6,8-11,14,21-22H,3,7,12-13,15-16H2,1-2H3,(H,25,29)(H,26,27)/t21-,22-/m1/s1. The van der Waals surface area contributed by atoms with Crippen molar-refractivity contribution >= 4 is 44.0 Å². The summed E-state index contributed by atoms with van der Waals surface area (Å²) in [6.45, 7) is 6.49. The number of hydrogen-bond donors (Lipinski definition) is 2. The van der Waals surface area contributed by atoms with E-state index in [0.717, 1.165) is 35.9 Å². The lowest BCUT2D eigenvalue weighted by Crippen LogP contribution is -2.30. The number of aryl methyl sites for hydroxylation is 1. The number of hydrogen-bond acceptors (Lipinski definition) is 7. The Labute approximate surface area is 200 Å². The zero-order chi connectivity index (χ0) is 23.4. The van der Waals surface area contributed by atoms with Crippen LogP contribution in [0, 0.1) is 6.92 Å². The highest BCUT2D eigenvalue weighted by molar-refractivity contribution is 8.15. The molecule has 0 bridgehead atoms. The summed E-state index contributed by atoms with van der Waals surface area (Å²) >= 11 is 1.48. The highest BCUT2D eigenvalue weighted by Gasteiger charge is 2.42. The van der Waals surface area contributed by atoms with Gasteiger partial charge in [0.05, 0.1) is 17.5 Å². The van der Waals surface area contributed by atoms with E-state index in [-0.39, 0.29) is 28.7 Å². The molecule has 2 aromatic carbocycles. The molecule has 2 aromatic rings. The van der Waals surface area contributed by atoms with Gasteiger partial charge in [0, 0.05) is 41.8 Å². The van der Waals surface area contributed by atoms with Crippen molar-refractivity contribution < 1.29 is 13.2 Å². The topological polar surface area (TPSA) is 90.9 Å². The number of aliphatic imine (C=N–C) groups is 1. The molecule has 176 valence electrons. The molecule has 9 heteroatoms. The van der Waals surface area contributed by atoms with Crippen LogP contribution in [0.5, 0.6) is 0 Å². The van der Waals surface area contributed by atoms with E-state index in [0.29, 0.717) is 12.1 Å². The molecule has 1 saturated heterocycles. The van der Waals surface area contributed by atoms with E-state index in [1.165, 1.54) is 17.4 Å². The third-order valence-electron chi connectivity index (χ3n) is 5.95. The summed E-state index contributed by atoms with van der Waals surface area (Å²) in [7, 11) is -2.97. The molecule has 4 rings (SSSR count). The first-order chi connectivity index (χ1) is 15.8. The number of carbonyl (C=O) groups excluding carboxylic acids is 1. The number of nitrogens with one attached hydrogen (secondary N) is 2. The lowest BCUT2D eigenvalue weighted by atomic mass is 10.1. The van der Waals surface area contributed by atoms with Gasteiger partial charge in [-0.15, -0.1) is 0 Å². The smallest absolute Gasteiger partial charge is 0.251 e. The first-order valence-electron chi connectivity index (χ1n) is 11.3. The molecule has 2 atom stereocenters. The van der Waals surface area contributed by atoms with Crippen molar-refractivity contribution in [2.45, 2.75) is 31.6 Å². The fourth-order valence-corrected chi connectivity index (χ4v) is 7.78. The first kappa shape index (κ1) is 23.6. The lowest BCUT2D eigenvalue weighted by molar-refractivity contribution is 0.0953. The van der Waals surface area contributed by atoms with Crippen LogP contribution in [0.3, 0.4) is 0 Å². The number of carbonyl (C=O) groups is 1. The maximum Gasteiger partial charge on any atom is 0.251 e. The molecular formula is C24H30N4O3S2. The average Bonchev–Trinajstić information content (AvgIpc) is 3.28. The van der Waals surface area contributed by atoms with Crippen molar-refractivity contribution in [3.8, 4) is 0 Å². The van der Waals surface area contributed by atoms with Crippen molar-refractivity contribution in [3.05, 3.63) is 59.7 Å². The Hall–Kier alpha value is -2.52. The molecule has 2 heterocycles. The molecule has 0 spiro atoms. The van der Waals surface area contributed by atoms with Crippen LogP contribution in [0.25, 0.3) is 0 Å². The van der Waals surface area contributed by atoms with Gasteiger partial charge in [0.1, 0.15) is 0 Å². The van der Waals surface area contributed by atoms with E-state index < -0.39 is 9.84 Å². The Morgan fingerprint density at radius 3 is 2.70 bits per heavy atom.